The van der Waals surface area contributed by atoms with Crippen LogP contribution in [0.3, 0.4) is 0 Å². The van der Waals surface area contributed by atoms with Crippen molar-refractivity contribution in [3.05, 3.63) is 24.4 Å². The molecule has 0 bridgehead atoms. The van der Waals surface area contributed by atoms with E-state index in [2.05, 4.69) is 20.8 Å². The van der Waals surface area contributed by atoms with Gasteiger partial charge in [0, 0.05) is 23.0 Å². The van der Waals surface area contributed by atoms with Gasteiger partial charge in [-0.3, -0.25) is 5.10 Å². The van der Waals surface area contributed by atoms with Gasteiger partial charge in [-0.2, -0.15) is 5.10 Å². The Balaban J connectivity index is 1.58. The van der Waals surface area contributed by atoms with Crippen LogP contribution < -0.4 is 10.6 Å². The standard InChI is InChI=1S/C14H18N4O2/c19-9-14(4-1-5-14)8-15-13(20)17-11-3-2-10-7-16-18-12(10)6-11/h2-3,6-7,19H,1,4-5,8-9H2,(H,16,18)(H2,15,17,20). The van der Waals surface area contributed by atoms with Gasteiger partial charge in [-0.05, 0) is 31.0 Å². The van der Waals surface area contributed by atoms with Crippen molar-refractivity contribution >= 4 is 22.6 Å². The van der Waals surface area contributed by atoms with Crippen LogP contribution in [0.15, 0.2) is 24.4 Å². The summed E-state index contributed by atoms with van der Waals surface area (Å²) in [6.45, 7) is 0.648. The van der Waals surface area contributed by atoms with E-state index < -0.39 is 0 Å². The number of urea groups is 1. The number of nitrogens with zero attached hydrogens (tertiary/aromatic N) is 1. The van der Waals surface area contributed by atoms with E-state index in [1.54, 1.807) is 6.20 Å². The monoisotopic (exact) mass is 274 g/mol. The number of aliphatic hydroxyl groups excluding tert-OH is 1. The summed E-state index contributed by atoms with van der Waals surface area (Å²) < 4.78 is 0. The first-order chi connectivity index (χ1) is 9.71. The third-order valence-corrected chi connectivity index (χ3v) is 4.07. The molecule has 2 amide bonds. The molecule has 0 spiro atoms. The quantitative estimate of drug-likeness (QED) is 0.686. The zero-order valence-corrected chi connectivity index (χ0v) is 11.1. The molecule has 1 aliphatic carbocycles. The lowest BCUT2D eigenvalue weighted by atomic mass is 9.69. The first-order valence-corrected chi connectivity index (χ1v) is 6.80. The summed E-state index contributed by atoms with van der Waals surface area (Å²) >= 11 is 0. The predicted octanol–water partition coefficient (Wildman–Crippen LogP) is 1.85. The number of hydrogen-bond acceptors (Lipinski definition) is 3. The molecule has 6 nitrogen and oxygen atoms in total. The fourth-order valence-corrected chi connectivity index (χ4v) is 2.53. The molecule has 3 rings (SSSR count). The predicted molar refractivity (Wildman–Crippen MR) is 76.5 cm³/mol. The third-order valence-electron chi connectivity index (χ3n) is 4.07. The van der Waals surface area contributed by atoms with E-state index in [0.29, 0.717) is 12.2 Å². The minimum Gasteiger partial charge on any atom is -0.396 e. The number of H-pyrrole nitrogens is 1. The topological polar surface area (TPSA) is 90.0 Å². The summed E-state index contributed by atoms with van der Waals surface area (Å²) in [5.41, 5.74) is 1.49. The van der Waals surface area contributed by atoms with E-state index >= 15 is 0 Å². The van der Waals surface area contributed by atoms with Gasteiger partial charge in [0.25, 0.3) is 0 Å². The summed E-state index contributed by atoms with van der Waals surface area (Å²) in [6, 6.07) is 5.33. The summed E-state index contributed by atoms with van der Waals surface area (Å²) in [4.78, 5) is 11.9. The van der Waals surface area contributed by atoms with Gasteiger partial charge >= 0.3 is 6.03 Å². The van der Waals surface area contributed by atoms with E-state index in [1.807, 2.05) is 18.2 Å². The number of amides is 2. The van der Waals surface area contributed by atoms with Crippen molar-refractivity contribution in [1.29, 1.82) is 0 Å². The molecule has 1 heterocycles. The molecule has 0 saturated heterocycles. The zero-order chi connectivity index (χ0) is 14.0. The molecular formula is C14H18N4O2. The van der Waals surface area contributed by atoms with E-state index in [1.165, 1.54) is 0 Å². The molecule has 0 radical (unpaired) electrons. The maximum atomic E-state index is 11.9. The van der Waals surface area contributed by atoms with Crippen LogP contribution in [-0.2, 0) is 0 Å². The van der Waals surface area contributed by atoms with E-state index in [0.717, 1.165) is 30.2 Å². The molecule has 1 aromatic carbocycles. The van der Waals surface area contributed by atoms with Gasteiger partial charge in [-0.15, -0.1) is 0 Å². The minimum atomic E-state index is -0.247. The molecule has 1 aromatic heterocycles. The van der Waals surface area contributed by atoms with Crippen LogP contribution >= 0.6 is 0 Å². The van der Waals surface area contributed by atoms with Crippen LogP contribution in [0.25, 0.3) is 10.9 Å². The Morgan fingerprint density at radius 3 is 3.00 bits per heavy atom. The van der Waals surface area contributed by atoms with Crippen molar-refractivity contribution < 1.29 is 9.90 Å². The molecule has 1 fully saturated rings. The molecule has 1 aliphatic rings. The number of carbonyl (C=O) groups excluding carboxylic acids is 1. The highest BCUT2D eigenvalue weighted by Gasteiger charge is 2.36. The van der Waals surface area contributed by atoms with Crippen LogP contribution in [0.5, 0.6) is 0 Å². The lowest BCUT2D eigenvalue weighted by Crippen LogP contribution is -2.45. The van der Waals surface area contributed by atoms with Crippen LogP contribution in [0.1, 0.15) is 19.3 Å². The third kappa shape index (κ3) is 2.46. The second-order valence-electron chi connectivity index (χ2n) is 5.49. The summed E-state index contributed by atoms with van der Waals surface area (Å²) in [7, 11) is 0. The highest BCUT2D eigenvalue weighted by atomic mass is 16.3. The normalized spacial score (nSPS) is 16.6. The van der Waals surface area contributed by atoms with Crippen molar-refractivity contribution in [3.8, 4) is 0 Å². The van der Waals surface area contributed by atoms with Crippen LogP contribution in [0.4, 0.5) is 10.5 Å². The molecule has 0 atom stereocenters. The average molecular weight is 274 g/mol. The Labute approximate surface area is 116 Å². The van der Waals surface area contributed by atoms with Gasteiger partial charge in [-0.25, -0.2) is 4.79 Å². The highest BCUT2D eigenvalue weighted by Crippen LogP contribution is 2.39. The van der Waals surface area contributed by atoms with Crippen molar-refractivity contribution in [1.82, 2.24) is 15.5 Å². The molecule has 6 heteroatoms. The number of aromatic nitrogens is 2. The van der Waals surface area contributed by atoms with E-state index in [4.69, 9.17) is 0 Å². The average Bonchev–Trinajstić information content (AvgIpc) is 2.85. The van der Waals surface area contributed by atoms with Crippen molar-refractivity contribution in [2.45, 2.75) is 19.3 Å². The van der Waals surface area contributed by atoms with Crippen LogP contribution in [0, 0.1) is 5.41 Å². The maximum absolute atomic E-state index is 11.9. The number of carbonyl (C=O) groups is 1. The Kier molecular flexibility index (Phi) is 3.31. The summed E-state index contributed by atoms with van der Waals surface area (Å²) in [5.74, 6) is 0. The van der Waals surface area contributed by atoms with E-state index in [9.17, 15) is 9.90 Å². The number of anilines is 1. The summed E-state index contributed by atoms with van der Waals surface area (Å²) in [5, 5.41) is 22.8. The number of aliphatic hydroxyl groups is 1. The Morgan fingerprint density at radius 1 is 1.45 bits per heavy atom. The van der Waals surface area contributed by atoms with Gasteiger partial charge in [-0.1, -0.05) is 6.42 Å². The molecular weight excluding hydrogens is 256 g/mol. The van der Waals surface area contributed by atoms with Crippen molar-refractivity contribution in [2.75, 3.05) is 18.5 Å². The minimum absolute atomic E-state index is 0.106. The lowest BCUT2D eigenvalue weighted by molar-refractivity contribution is 0.0476. The van der Waals surface area contributed by atoms with Crippen molar-refractivity contribution in [3.63, 3.8) is 0 Å². The first kappa shape index (κ1) is 12.9. The molecule has 1 saturated carbocycles. The number of aromatic amines is 1. The Hall–Kier alpha value is -2.08. The first-order valence-electron chi connectivity index (χ1n) is 6.80. The van der Waals surface area contributed by atoms with Crippen molar-refractivity contribution in [2.24, 2.45) is 5.41 Å². The largest absolute Gasteiger partial charge is 0.396 e. The van der Waals surface area contributed by atoms with E-state index in [-0.39, 0.29) is 18.1 Å². The lowest BCUT2D eigenvalue weighted by Gasteiger charge is -2.40. The number of benzene rings is 1. The van der Waals surface area contributed by atoms with Gasteiger partial charge < -0.3 is 15.7 Å². The molecule has 0 unspecified atom stereocenters. The molecule has 20 heavy (non-hydrogen) atoms. The smallest absolute Gasteiger partial charge is 0.319 e. The fraction of sp³-hybridized carbons (Fsp3) is 0.429. The van der Waals surface area contributed by atoms with Gasteiger partial charge in [0.2, 0.25) is 0 Å². The zero-order valence-electron chi connectivity index (χ0n) is 11.1. The SMILES string of the molecule is O=C(NCC1(CO)CCC1)Nc1ccc2cn[nH]c2c1. The molecule has 4 N–H and O–H groups in total. The number of hydrogen-bond donors (Lipinski definition) is 4. The molecule has 2 aromatic rings. The number of fused-ring (bicyclic) bond motifs is 1. The van der Waals surface area contributed by atoms with Gasteiger partial charge in [0.15, 0.2) is 0 Å². The van der Waals surface area contributed by atoms with Crippen LogP contribution in [0.2, 0.25) is 0 Å². The second kappa shape index (κ2) is 5.13. The van der Waals surface area contributed by atoms with Gasteiger partial charge in [0.05, 0.1) is 18.3 Å². The van der Waals surface area contributed by atoms with Crippen LogP contribution in [-0.4, -0.2) is 34.5 Å². The maximum Gasteiger partial charge on any atom is 0.319 e. The Morgan fingerprint density at radius 2 is 2.30 bits per heavy atom. The molecule has 106 valence electrons. The van der Waals surface area contributed by atoms with Gasteiger partial charge in [0.1, 0.15) is 0 Å². The fourth-order valence-electron chi connectivity index (χ4n) is 2.53. The highest BCUT2D eigenvalue weighted by molar-refractivity contribution is 5.92. The summed E-state index contributed by atoms with van der Waals surface area (Å²) in [6.07, 6.45) is 4.81. The second-order valence-corrected chi connectivity index (χ2v) is 5.49. The Bertz CT molecular complexity index is 613. The number of rotatable bonds is 4. The number of nitrogens with one attached hydrogen (secondary N) is 3. The molecule has 0 aliphatic heterocycles.